The minimum absolute atomic E-state index is 0.224. The van der Waals surface area contributed by atoms with Crippen LogP contribution >= 0.6 is 0 Å². The molecule has 0 aromatic heterocycles. The highest BCUT2D eigenvalue weighted by atomic mass is 16.6. The van der Waals surface area contributed by atoms with Crippen molar-refractivity contribution in [2.24, 2.45) is 0 Å². The van der Waals surface area contributed by atoms with E-state index in [-0.39, 0.29) is 12.5 Å². The number of para-hydroxylation sites is 1. The van der Waals surface area contributed by atoms with Crippen LogP contribution in [0.3, 0.4) is 0 Å². The highest BCUT2D eigenvalue weighted by Crippen LogP contribution is 2.38. The fraction of sp³-hybridized carbons (Fsp3) is 0.158. The monoisotopic (exact) mass is 307 g/mol. The maximum Gasteiger partial charge on any atom is 0.421 e. The lowest BCUT2D eigenvalue weighted by atomic mass is 10.0. The van der Waals surface area contributed by atoms with Gasteiger partial charge in [0.25, 0.3) is 5.91 Å². The zero-order valence-corrected chi connectivity index (χ0v) is 13.1. The van der Waals surface area contributed by atoms with E-state index < -0.39 is 6.09 Å². The van der Waals surface area contributed by atoms with Gasteiger partial charge in [0.1, 0.15) is 0 Å². The van der Waals surface area contributed by atoms with Crippen LogP contribution in [0.1, 0.15) is 23.6 Å². The van der Waals surface area contributed by atoms with Crippen LogP contribution in [0.4, 0.5) is 10.5 Å². The molecule has 0 saturated carbocycles. The molecule has 2 amide bonds. The van der Waals surface area contributed by atoms with Crippen LogP contribution in [0.5, 0.6) is 0 Å². The molecule has 2 aromatic carbocycles. The fourth-order valence-corrected chi connectivity index (χ4v) is 2.58. The van der Waals surface area contributed by atoms with E-state index in [0.29, 0.717) is 11.3 Å². The van der Waals surface area contributed by atoms with Crippen LogP contribution in [0.25, 0.3) is 11.6 Å². The number of rotatable bonds is 2. The normalized spacial score (nSPS) is 15.0. The van der Waals surface area contributed by atoms with Crippen molar-refractivity contribution in [1.82, 2.24) is 0 Å². The Morgan fingerprint density at radius 2 is 1.83 bits per heavy atom. The zero-order chi connectivity index (χ0) is 16.4. The lowest BCUT2D eigenvalue weighted by Gasteiger charge is -2.13. The molecule has 4 nitrogen and oxygen atoms in total. The molecular weight excluding hydrogens is 290 g/mol. The van der Waals surface area contributed by atoms with Crippen LogP contribution in [-0.4, -0.2) is 18.6 Å². The maximum absolute atomic E-state index is 12.7. The lowest BCUT2D eigenvalue weighted by Crippen LogP contribution is -2.33. The Morgan fingerprint density at radius 3 is 2.52 bits per heavy atom. The minimum atomic E-state index is -0.641. The summed E-state index contributed by atoms with van der Waals surface area (Å²) in [6.07, 6.45) is 1.16. The molecule has 23 heavy (non-hydrogen) atoms. The van der Waals surface area contributed by atoms with Gasteiger partial charge in [0.05, 0.1) is 17.9 Å². The van der Waals surface area contributed by atoms with E-state index in [9.17, 15) is 9.59 Å². The molecule has 1 aliphatic heterocycles. The molecule has 0 fully saturated rings. The van der Waals surface area contributed by atoms with Crippen molar-refractivity contribution in [2.45, 2.75) is 13.8 Å². The molecular formula is C19H17NO3. The summed E-state index contributed by atoms with van der Waals surface area (Å²) in [4.78, 5) is 25.9. The average Bonchev–Trinajstić information content (AvgIpc) is 2.82. The number of anilines is 1. The standard InChI is InChI=1S/C19H17NO3/c1-3-23-19(22)20-17-7-5-4-6-15(17)16(18(20)21)12-14-10-8-13(2)9-11-14/h4-12H,3H2,1-2H3/b16-12+. The summed E-state index contributed by atoms with van der Waals surface area (Å²) in [6.45, 7) is 3.95. The first-order chi connectivity index (χ1) is 11.1. The summed E-state index contributed by atoms with van der Waals surface area (Å²) in [5.41, 5.74) is 3.87. The molecule has 0 radical (unpaired) electrons. The number of imide groups is 1. The number of hydrogen-bond acceptors (Lipinski definition) is 3. The number of carbonyl (C=O) groups excluding carboxylic acids is 2. The molecule has 0 N–H and O–H groups in total. The van der Waals surface area contributed by atoms with Crippen molar-refractivity contribution < 1.29 is 14.3 Å². The number of fused-ring (bicyclic) bond motifs is 1. The molecule has 3 rings (SSSR count). The van der Waals surface area contributed by atoms with E-state index in [4.69, 9.17) is 4.74 Å². The molecule has 2 aromatic rings. The van der Waals surface area contributed by atoms with E-state index in [1.807, 2.05) is 43.3 Å². The van der Waals surface area contributed by atoms with Gasteiger partial charge in [-0.25, -0.2) is 9.69 Å². The van der Waals surface area contributed by atoms with E-state index in [1.54, 1.807) is 25.1 Å². The SMILES string of the molecule is CCOC(=O)N1C(=O)/C(=C/c2ccc(C)cc2)c2ccccc21. The van der Waals surface area contributed by atoms with Gasteiger partial charge in [0.15, 0.2) is 0 Å². The molecule has 4 heteroatoms. The third kappa shape index (κ3) is 2.75. The number of nitrogens with zero attached hydrogens (tertiary/aromatic N) is 1. The second kappa shape index (κ2) is 6.08. The minimum Gasteiger partial charge on any atom is -0.449 e. The Bertz CT molecular complexity index is 791. The topological polar surface area (TPSA) is 46.6 Å². The van der Waals surface area contributed by atoms with Gasteiger partial charge in [-0.05, 0) is 31.6 Å². The number of ether oxygens (including phenoxy) is 1. The Labute approximate surface area is 135 Å². The fourth-order valence-electron chi connectivity index (χ4n) is 2.58. The smallest absolute Gasteiger partial charge is 0.421 e. The highest BCUT2D eigenvalue weighted by molar-refractivity contribution is 6.41. The molecule has 1 aliphatic rings. The van der Waals surface area contributed by atoms with E-state index in [1.165, 1.54) is 0 Å². The van der Waals surface area contributed by atoms with Gasteiger partial charge in [-0.2, -0.15) is 0 Å². The lowest BCUT2D eigenvalue weighted by molar-refractivity contribution is -0.112. The van der Waals surface area contributed by atoms with Crippen molar-refractivity contribution in [3.05, 3.63) is 65.2 Å². The molecule has 0 aliphatic carbocycles. The van der Waals surface area contributed by atoms with Gasteiger partial charge >= 0.3 is 6.09 Å². The van der Waals surface area contributed by atoms with Gasteiger partial charge in [-0.1, -0.05) is 48.0 Å². The summed E-state index contributed by atoms with van der Waals surface area (Å²) in [7, 11) is 0. The molecule has 116 valence electrons. The predicted molar refractivity (Wildman–Crippen MR) is 90.0 cm³/mol. The third-order valence-electron chi connectivity index (χ3n) is 3.71. The molecule has 0 saturated heterocycles. The second-order valence-electron chi connectivity index (χ2n) is 5.33. The van der Waals surface area contributed by atoms with Gasteiger partial charge in [-0.3, -0.25) is 4.79 Å². The van der Waals surface area contributed by atoms with Gasteiger partial charge in [0.2, 0.25) is 0 Å². The Kier molecular flexibility index (Phi) is 3.98. The van der Waals surface area contributed by atoms with E-state index in [0.717, 1.165) is 21.6 Å². The number of aryl methyl sites for hydroxylation is 1. The second-order valence-corrected chi connectivity index (χ2v) is 5.33. The first kappa shape index (κ1) is 15.0. The summed E-state index contributed by atoms with van der Waals surface area (Å²) < 4.78 is 5.01. The maximum atomic E-state index is 12.7. The summed E-state index contributed by atoms with van der Waals surface area (Å²) in [6, 6.07) is 15.1. The largest absolute Gasteiger partial charge is 0.449 e. The van der Waals surface area contributed by atoms with E-state index >= 15 is 0 Å². The Hall–Kier alpha value is -2.88. The first-order valence-corrected chi connectivity index (χ1v) is 7.51. The summed E-state index contributed by atoms with van der Waals surface area (Å²) in [5.74, 6) is -0.356. The van der Waals surface area contributed by atoms with Crippen molar-refractivity contribution in [3.63, 3.8) is 0 Å². The van der Waals surface area contributed by atoms with E-state index in [2.05, 4.69) is 0 Å². The van der Waals surface area contributed by atoms with Crippen molar-refractivity contribution in [2.75, 3.05) is 11.5 Å². The van der Waals surface area contributed by atoms with Gasteiger partial charge < -0.3 is 4.74 Å². The van der Waals surface area contributed by atoms with Crippen LogP contribution in [0.15, 0.2) is 48.5 Å². The van der Waals surface area contributed by atoms with Crippen molar-refractivity contribution in [1.29, 1.82) is 0 Å². The Balaban J connectivity index is 2.07. The first-order valence-electron chi connectivity index (χ1n) is 7.51. The number of benzene rings is 2. The predicted octanol–water partition coefficient (Wildman–Crippen LogP) is 4.04. The van der Waals surface area contributed by atoms with Crippen LogP contribution in [-0.2, 0) is 9.53 Å². The van der Waals surface area contributed by atoms with Crippen LogP contribution < -0.4 is 4.90 Å². The number of carbonyl (C=O) groups is 2. The quantitative estimate of drug-likeness (QED) is 0.787. The number of hydrogen-bond donors (Lipinski definition) is 0. The zero-order valence-electron chi connectivity index (χ0n) is 13.1. The van der Waals surface area contributed by atoms with Crippen molar-refractivity contribution in [3.8, 4) is 0 Å². The molecule has 0 unspecified atom stereocenters. The third-order valence-corrected chi connectivity index (χ3v) is 3.71. The Morgan fingerprint density at radius 1 is 1.13 bits per heavy atom. The molecule has 1 heterocycles. The van der Waals surface area contributed by atoms with Crippen molar-refractivity contribution >= 4 is 29.3 Å². The summed E-state index contributed by atoms with van der Waals surface area (Å²) >= 11 is 0. The van der Waals surface area contributed by atoms with Gasteiger partial charge in [0, 0.05) is 5.56 Å². The average molecular weight is 307 g/mol. The summed E-state index contributed by atoms with van der Waals surface area (Å²) in [5, 5.41) is 0. The van der Waals surface area contributed by atoms with Gasteiger partial charge in [-0.15, -0.1) is 0 Å². The number of amides is 2. The highest BCUT2D eigenvalue weighted by Gasteiger charge is 2.37. The van der Waals surface area contributed by atoms with Crippen LogP contribution in [0.2, 0.25) is 0 Å². The molecule has 0 bridgehead atoms. The van der Waals surface area contributed by atoms with Crippen LogP contribution in [0, 0.1) is 6.92 Å². The molecule has 0 spiro atoms. The molecule has 0 atom stereocenters.